The molecule has 3 rings (SSSR count). The highest BCUT2D eigenvalue weighted by Gasteiger charge is 2.45. The minimum atomic E-state index is -0.603. The lowest BCUT2D eigenvalue weighted by atomic mass is 10.0. The van der Waals surface area contributed by atoms with Crippen molar-refractivity contribution in [1.82, 2.24) is 0 Å². The number of benzene rings is 1. The van der Waals surface area contributed by atoms with Gasteiger partial charge < -0.3 is 16.4 Å². The number of carbonyl (C=O) groups is 1. The molecule has 0 radical (unpaired) electrons. The van der Waals surface area contributed by atoms with Crippen molar-refractivity contribution in [2.45, 2.75) is 31.2 Å². The Labute approximate surface area is 101 Å². The molecule has 2 aliphatic rings. The summed E-state index contributed by atoms with van der Waals surface area (Å²) in [6.45, 7) is 1.03. The largest absolute Gasteiger partial charge is 0.385 e. The van der Waals surface area contributed by atoms with Crippen LogP contribution in [0.15, 0.2) is 18.2 Å². The summed E-state index contributed by atoms with van der Waals surface area (Å²) < 4.78 is 0. The van der Waals surface area contributed by atoms with Crippen molar-refractivity contribution >= 4 is 17.3 Å². The number of hydrogen-bond acceptors (Lipinski definition) is 3. The summed E-state index contributed by atoms with van der Waals surface area (Å²) in [5.74, 6) is -0.0544. The average molecular weight is 231 g/mol. The Morgan fingerprint density at radius 2 is 2.24 bits per heavy atom. The molecule has 1 aromatic carbocycles. The van der Waals surface area contributed by atoms with E-state index in [1.54, 1.807) is 0 Å². The fourth-order valence-electron chi connectivity index (χ4n) is 2.17. The molecule has 0 unspecified atom stereocenters. The van der Waals surface area contributed by atoms with E-state index in [1.165, 1.54) is 11.3 Å². The maximum Gasteiger partial charge on any atom is 0.244 e. The van der Waals surface area contributed by atoms with Crippen LogP contribution in [0.1, 0.15) is 24.8 Å². The molecule has 0 saturated heterocycles. The highest BCUT2D eigenvalue weighted by atomic mass is 16.2. The first kappa shape index (κ1) is 10.6. The van der Waals surface area contributed by atoms with E-state index in [-0.39, 0.29) is 5.91 Å². The molecule has 0 bridgehead atoms. The molecule has 1 fully saturated rings. The number of nitrogens with one attached hydrogen (secondary N) is 2. The Hall–Kier alpha value is -1.55. The van der Waals surface area contributed by atoms with E-state index in [0.717, 1.165) is 37.9 Å². The van der Waals surface area contributed by atoms with Crippen LogP contribution in [-0.2, 0) is 11.2 Å². The van der Waals surface area contributed by atoms with Gasteiger partial charge >= 0.3 is 0 Å². The average Bonchev–Trinajstić information content (AvgIpc) is 3.09. The number of nitrogens with two attached hydrogens (primary N) is 1. The SMILES string of the molecule is NC1(C(=O)Nc2ccc3c(c2)CCCN3)CC1. The van der Waals surface area contributed by atoms with E-state index in [2.05, 4.69) is 10.6 Å². The van der Waals surface area contributed by atoms with Gasteiger partial charge in [0.25, 0.3) is 0 Å². The Kier molecular flexibility index (Phi) is 2.33. The zero-order valence-electron chi connectivity index (χ0n) is 9.75. The second-order valence-corrected chi connectivity index (χ2v) is 5.01. The van der Waals surface area contributed by atoms with Crippen molar-refractivity contribution in [1.29, 1.82) is 0 Å². The van der Waals surface area contributed by atoms with Gasteiger partial charge in [-0.1, -0.05) is 0 Å². The second-order valence-electron chi connectivity index (χ2n) is 5.01. The summed E-state index contributed by atoms with van der Waals surface area (Å²) >= 11 is 0. The van der Waals surface area contributed by atoms with Gasteiger partial charge in [-0.15, -0.1) is 0 Å². The predicted octanol–water partition coefficient (Wildman–Crippen LogP) is 1.47. The normalized spacial score (nSPS) is 20.1. The van der Waals surface area contributed by atoms with Crippen molar-refractivity contribution in [2.75, 3.05) is 17.2 Å². The second kappa shape index (κ2) is 3.74. The number of hydrogen-bond donors (Lipinski definition) is 3. The van der Waals surface area contributed by atoms with Gasteiger partial charge in [0, 0.05) is 17.9 Å². The van der Waals surface area contributed by atoms with Crippen molar-refractivity contribution in [2.24, 2.45) is 5.73 Å². The number of amides is 1. The molecule has 0 aromatic heterocycles. The van der Waals surface area contributed by atoms with Gasteiger partial charge in [-0.25, -0.2) is 0 Å². The lowest BCUT2D eigenvalue weighted by molar-refractivity contribution is -0.118. The van der Waals surface area contributed by atoms with Crippen LogP contribution in [0.4, 0.5) is 11.4 Å². The molecule has 1 aromatic rings. The van der Waals surface area contributed by atoms with Crippen molar-refractivity contribution in [3.8, 4) is 0 Å². The number of rotatable bonds is 2. The van der Waals surface area contributed by atoms with Crippen LogP contribution < -0.4 is 16.4 Å². The van der Waals surface area contributed by atoms with Gasteiger partial charge in [-0.05, 0) is 49.4 Å². The van der Waals surface area contributed by atoms with Crippen molar-refractivity contribution in [3.05, 3.63) is 23.8 Å². The number of carbonyl (C=O) groups excluding carboxylic acids is 1. The molecule has 17 heavy (non-hydrogen) atoms. The zero-order valence-corrected chi connectivity index (χ0v) is 9.75. The third kappa shape index (κ3) is 2.00. The smallest absolute Gasteiger partial charge is 0.244 e. The first-order valence-corrected chi connectivity index (χ1v) is 6.15. The summed E-state index contributed by atoms with van der Waals surface area (Å²) in [7, 11) is 0. The van der Waals surface area contributed by atoms with E-state index in [1.807, 2.05) is 18.2 Å². The minimum Gasteiger partial charge on any atom is -0.385 e. The van der Waals surface area contributed by atoms with E-state index in [9.17, 15) is 4.79 Å². The Balaban J connectivity index is 1.77. The molecule has 90 valence electrons. The third-order valence-corrected chi connectivity index (χ3v) is 3.54. The Bertz CT molecular complexity index is 466. The maximum atomic E-state index is 11.8. The molecule has 4 N–H and O–H groups in total. The maximum absolute atomic E-state index is 11.8. The van der Waals surface area contributed by atoms with Gasteiger partial charge in [0.05, 0.1) is 5.54 Å². The molecular weight excluding hydrogens is 214 g/mol. The van der Waals surface area contributed by atoms with E-state index >= 15 is 0 Å². The standard InChI is InChI=1S/C13H17N3O/c14-13(5-6-13)12(17)16-10-3-4-11-9(8-10)2-1-7-15-11/h3-4,8,15H,1-2,5-7,14H2,(H,16,17). The molecule has 1 aliphatic carbocycles. The molecule has 1 heterocycles. The van der Waals surface area contributed by atoms with Crippen LogP contribution in [-0.4, -0.2) is 18.0 Å². The summed E-state index contributed by atoms with van der Waals surface area (Å²) in [4.78, 5) is 11.8. The molecule has 1 aliphatic heterocycles. The first-order valence-electron chi connectivity index (χ1n) is 6.15. The van der Waals surface area contributed by atoms with Crippen LogP contribution in [0.2, 0.25) is 0 Å². The van der Waals surface area contributed by atoms with Crippen LogP contribution in [0, 0.1) is 0 Å². The van der Waals surface area contributed by atoms with E-state index < -0.39 is 5.54 Å². The molecule has 4 heteroatoms. The zero-order chi connectivity index (χ0) is 11.9. The number of aryl methyl sites for hydroxylation is 1. The molecule has 0 spiro atoms. The number of anilines is 2. The monoisotopic (exact) mass is 231 g/mol. The highest BCUT2D eigenvalue weighted by molar-refractivity contribution is 6.00. The predicted molar refractivity (Wildman–Crippen MR) is 68.0 cm³/mol. The lowest BCUT2D eigenvalue weighted by Gasteiger charge is -2.19. The summed E-state index contributed by atoms with van der Waals surface area (Å²) in [6, 6.07) is 6.01. The van der Waals surface area contributed by atoms with Gasteiger partial charge in [0.1, 0.15) is 0 Å². The van der Waals surface area contributed by atoms with Crippen molar-refractivity contribution < 1.29 is 4.79 Å². The van der Waals surface area contributed by atoms with E-state index in [0.29, 0.717) is 0 Å². The van der Waals surface area contributed by atoms with Crippen LogP contribution in [0.5, 0.6) is 0 Å². The highest BCUT2D eigenvalue weighted by Crippen LogP contribution is 2.34. The van der Waals surface area contributed by atoms with Gasteiger partial charge in [-0.2, -0.15) is 0 Å². The van der Waals surface area contributed by atoms with Crippen LogP contribution >= 0.6 is 0 Å². The Morgan fingerprint density at radius 1 is 1.41 bits per heavy atom. The van der Waals surface area contributed by atoms with Crippen LogP contribution in [0.25, 0.3) is 0 Å². The topological polar surface area (TPSA) is 67.2 Å². The summed E-state index contributed by atoms with van der Waals surface area (Å²) in [6.07, 6.45) is 3.81. The van der Waals surface area contributed by atoms with Gasteiger partial charge in [-0.3, -0.25) is 4.79 Å². The summed E-state index contributed by atoms with van der Waals surface area (Å²) in [5, 5.41) is 6.25. The molecule has 1 saturated carbocycles. The summed E-state index contributed by atoms with van der Waals surface area (Å²) in [5.41, 5.74) is 8.56. The number of fused-ring (bicyclic) bond motifs is 1. The molecule has 1 amide bonds. The van der Waals surface area contributed by atoms with Gasteiger partial charge in [0.15, 0.2) is 0 Å². The molecular formula is C13H17N3O. The first-order chi connectivity index (χ1) is 8.17. The van der Waals surface area contributed by atoms with Gasteiger partial charge in [0.2, 0.25) is 5.91 Å². The quantitative estimate of drug-likeness (QED) is 0.722. The minimum absolute atomic E-state index is 0.0544. The molecule has 0 atom stereocenters. The Morgan fingerprint density at radius 3 is 3.00 bits per heavy atom. The lowest BCUT2D eigenvalue weighted by Crippen LogP contribution is -2.37. The van der Waals surface area contributed by atoms with Crippen molar-refractivity contribution in [3.63, 3.8) is 0 Å². The fourth-order valence-corrected chi connectivity index (χ4v) is 2.17. The molecule has 4 nitrogen and oxygen atoms in total. The van der Waals surface area contributed by atoms with E-state index in [4.69, 9.17) is 5.73 Å². The fraction of sp³-hybridized carbons (Fsp3) is 0.462. The third-order valence-electron chi connectivity index (χ3n) is 3.54. The van der Waals surface area contributed by atoms with Crippen LogP contribution in [0.3, 0.4) is 0 Å².